The molecule has 2 nitrogen and oxygen atoms in total. The van der Waals surface area contributed by atoms with Crippen LogP contribution >= 0.6 is 0 Å². The topological polar surface area (TPSA) is 29.3 Å². The van der Waals surface area contributed by atoms with Crippen LogP contribution in [0.1, 0.15) is 12.5 Å². The summed E-state index contributed by atoms with van der Waals surface area (Å²) >= 11 is 0. The maximum atomic E-state index is 5.72. The number of nitrogens with zero attached hydrogens (tertiary/aromatic N) is 1. The van der Waals surface area contributed by atoms with Crippen molar-refractivity contribution in [2.75, 3.05) is 20.1 Å². The molecule has 0 amide bonds. The molecule has 1 unspecified atom stereocenters. The van der Waals surface area contributed by atoms with Crippen LogP contribution < -0.4 is 5.73 Å². The van der Waals surface area contributed by atoms with Crippen molar-refractivity contribution in [3.05, 3.63) is 35.9 Å². The lowest BCUT2D eigenvalue weighted by atomic mass is 10.1. The van der Waals surface area contributed by atoms with Crippen LogP contribution in [-0.4, -0.2) is 31.1 Å². The molecule has 0 aliphatic carbocycles. The van der Waals surface area contributed by atoms with Gasteiger partial charge in [-0.25, -0.2) is 0 Å². The standard InChI is InChI=1S/C12H20N2/c1-11(13)10-14(2)9-8-12-6-4-3-5-7-12/h3-7,11H,8-10,13H2,1-2H3. The van der Waals surface area contributed by atoms with Crippen LogP contribution in [0.2, 0.25) is 0 Å². The van der Waals surface area contributed by atoms with Gasteiger partial charge in [0.2, 0.25) is 0 Å². The first-order valence-corrected chi connectivity index (χ1v) is 5.16. The number of likely N-dealkylation sites (N-methyl/N-ethyl adjacent to an activating group) is 1. The van der Waals surface area contributed by atoms with Crippen LogP contribution in [0.5, 0.6) is 0 Å². The summed E-state index contributed by atoms with van der Waals surface area (Å²) in [5.74, 6) is 0. The van der Waals surface area contributed by atoms with Crippen molar-refractivity contribution in [1.29, 1.82) is 0 Å². The molecule has 0 saturated heterocycles. The van der Waals surface area contributed by atoms with E-state index in [1.807, 2.05) is 6.92 Å². The van der Waals surface area contributed by atoms with E-state index in [1.54, 1.807) is 0 Å². The highest BCUT2D eigenvalue weighted by Crippen LogP contribution is 2.00. The lowest BCUT2D eigenvalue weighted by Gasteiger charge is -2.18. The van der Waals surface area contributed by atoms with Crippen molar-refractivity contribution >= 4 is 0 Å². The zero-order chi connectivity index (χ0) is 10.4. The molecule has 2 heteroatoms. The SMILES string of the molecule is CC(N)CN(C)CCc1ccccc1. The van der Waals surface area contributed by atoms with Crippen LogP contribution in [0.15, 0.2) is 30.3 Å². The monoisotopic (exact) mass is 192 g/mol. The number of rotatable bonds is 5. The molecular weight excluding hydrogens is 172 g/mol. The molecule has 1 rings (SSSR count). The van der Waals surface area contributed by atoms with Gasteiger partial charge in [-0.15, -0.1) is 0 Å². The molecule has 1 atom stereocenters. The van der Waals surface area contributed by atoms with Crippen molar-refractivity contribution in [2.24, 2.45) is 5.73 Å². The molecule has 0 bridgehead atoms. The molecule has 0 radical (unpaired) electrons. The van der Waals surface area contributed by atoms with Crippen molar-refractivity contribution in [3.63, 3.8) is 0 Å². The maximum absolute atomic E-state index is 5.72. The van der Waals surface area contributed by atoms with Crippen LogP contribution in [0.25, 0.3) is 0 Å². The Bertz CT molecular complexity index is 244. The van der Waals surface area contributed by atoms with E-state index in [4.69, 9.17) is 5.73 Å². The Kier molecular flexibility index (Phi) is 4.63. The van der Waals surface area contributed by atoms with Gasteiger partial charge in [0.25, 0.3) is 0 Å². The Morgan fingerprint density at radius 3 is 2.50 bits per heavy atom. The second kappa shape index (κ2) is 5.78. The van der Waals surface area contributed by atoms with Crippen LogP contribution in [0, 0.1) is 0 Å². The first kappa shape index (κ1) is 11.2. The van der Waals surface area contributed by atoms with E-state index in [9.17, 15) is 0 Å². The normalized spacial score (nSPS) is 13.1. The Labute approximate surface area is 86.7 Å². The van der Waals surface area contributed by atoms with E-state index < -0.39 is 0 Å². The predicted molar refractivity (Wildman–Crippen MR) is 61.3 cm³/mol. The second-order valence-electron chi connectivity index (χ2n) is 3.98. The molecule has 14 heavy (non-hydrogen) atoms. The van der Waals surface area contributed by atoms with Crippen molar-refractivity contribution in [1.82, 2.24) is 4.90 Å². The molecule has 78 valence electrons. The molecule has 1 aromatic rings. The molecule has 0 aliphatic rings. The van der Waals surface area contributed by atoms with E-state index >= 15 is 0 Å². The molecular formula is C12H20N2. The minimum atomic E-state index is 0.260. The minimum Gasteiger partial charge on any atom is -0.327 e. The number of benzene rings is 1. The summed E-state index contributed by atoms with van der Waals surface area (Å²) in [6, 6.07) is 10.8. The molecule has 0 aliphatic heterocycles. The zero-order valence-corrected chi connectivity index (χ0v) is 9.11. The summed E-state index contributed by atoms with van der Waals surface area (Å²) in [5.41, 5.74) is 7.11. The average molecular weight is 192 g/mol. The summed E-state index contributed by atoms with van der Waals surface area (Å²) in [5, 5.41) is 0. The van der Waals surface area contributed by atoms with E-state index in [0.29, 0.717) is 0 Å². The smallest absolute Gasteiger partial charge is 0.0139 e. The second-order valence-corrected chi connectivity index (χ2v) is 3.98. The maximum Gasteiger partial charge on any atom is 0.0139 e. The zero-order valence-electron chi connectivity index (χ0n) is 9.11. The lowest BCUT2D eigenvalue weighted by Crippen LogP contribution is -2.34. The minimum absolute atomic E-state index is 0.260. The van der Waals surface area contributed by atoms with Gasteiger partial charge in [0, 0.05) is 19.1 Å². The molecule has 0 fully saturated rings. The van der Waals surface area contributed by atoms with Crippen molar-refractivity contribution in [2.45, 2.75) is 19.4 Å². The van der Waals surface area contributed by atoms with Crippen LogP contribution in [0.3, 0.4) is 0 Å². The molecule has 0 aromatic heterocycles. The molecule has 0 spiro atoms. The quantitative estimate of drug-likeness (QED) is 0.766. The highest BCUT2D eigenvalue weighted by Gasteiger charge is 2.01. The van der Waals surface area contributed by atoms with Gasteiger partial charge in [-0.05, 0) is 26.0 Å². The largest absolute Gasteiger partial charge is 0.327 e. The summed E-state index contributed by atoms with van der Waals surface area (Å²) in [4.78, 5) is 2.28. The van der Waals surface area contributed by atoms with Gasteiger partial charge in [-0.2, -0.15) is 0 Å². The summed E-state index contributed by atoms with van der Waals surface area (Å²) in [7, 11) is 2.12. The predicted octanol–water partition coefficient (Wildman–Crippen LogP) is 1.51. The highest BCUT2D eigenvalue weighted by molar-refractivity contribution is 5.14. The van der Waals surface area contributed by atoms with Crippen molar-refractivity contribution in [3.8, 4) is 0 Å². The van der Waals surface area contributed by atoms with Gasteiger partial charge in [0.1, 0.15) is 0 Å². The van der Waals surface area contributed by atoms with E-state index in [-0.39, 0.29) is 6.04 Å². The molecule has 2 N–H and O–H groups in total. The van der Waals surface area contributed by atoms with Gasteiger partial charge in [-0.3, -0.25) is 0 Å². The lowest BCUT2D eigenvalue weighted by molar-refractivity contribution is 0.321. The van der Waals surface area contributed by atoms with E-state index in [1.165, 1.54) is 5.56 Å². The summed E-state index contributed by atoms with van der Waals surface area (Å²) in [6.07, 6.45) is 1.10. The van der Waals surface area contributed by atoms with Gasteiger partial charge in [-0.1, -0.05) is 30.3 Å². The first-order valence-electron chi connectivity index (χ1n) is 5.16. The van der Waals surface area contributed by atoms with Crippen LogP contribution in [-0.2, 0) is 6.42 Å². The molecule has 1 aromatic carbocycles. The Morgan fingerprint density at radius 1 is 1.29 bits per heavy atom. The van der Waals surface area contributed by atoms with E-state index in [2.05, 4.69) is 42.3 Å². The summed E-state index contributed by atoms with van der Waals surface area (Å²) in [6.45, 7) is 4.08. The molecule has 0 saturated carbocycles. The Hall–Kier alpha value is -0.860. The first-order chi connectivity index (χ1) is 6.68. The van der Waals surface area contributed by atoms with Crippen molar-refractivity contribution < 1.29 is 0 Å². The molecule has 0 heterocycles. The fraction of sp³-hybridized carbons (Fsp3) is 0.500. The Balaban J connectivity index is 2.27. The third kappa shape index (κ3) is 4.40. The average Bonchev–Trinajstić information content (AvgIpc) is 2.15. The van der Waals surface area contributed by atoms with Gasteiger partial charge >= 0.3 is 0 Å². The number of hydrogen-bond acceptors (Lipinski definition) is 2. The summed E-state index contributed by atoms with van der Waals surface area (Å²) < 4.78 is 0. The number of nitrogens with two attached hydrogens (primary N) is 1. The fourth-order valence-corrected chi connectivity index (χ4v) is 1.55. The van der Waals surface area contributed by atoms with Gasteiger partial charge in [0.05, 0.1) is 0 Å². The third-order valence-electron chi connectivity index (χ3n) is 2.22. The Morgan fingerprint density at radius 2 is 1.93 bits per heavy atom. The third-order valence-corrected chi connectivity index (χ3v) is 2.22. The van der Waals surface area contributed by atoms with Gasteiger partial charge < -0.3 is 10.6 Å². The van der Waals surface area contributed by atoms with Gasteiger partial charge in [0.15, 0.2) is 0 Å². The fourth-order valence-electron chi connectivity index (χ4n) is 1.55. The highest BCUT2D eigenvalue weighted by atomic mass is 15.1. The number of hydrogen-bond donors (Lipinski definition) is 1. The van der Waals surface area contributed by atoms with Crippen LogP contribution in [0.4, 0.5) is 0 Å². The van der Waals surface area contributed by atoms with E-state index in [0.717, 1.165) is 19.5 Å².